The molecule has 1 aromatic rings. The second kappa shape index (κ2) is 12.6. The summed E-state index contributed by atoms with van der Waals surface area (Å²) in [4.78, 5) is 33.6. The number of amides is 2. The lowest BCUT2D eigenvalue weighted by Gasteiger charge is -2.21. The molecule has 33 heavy (non-hydrogen) atoms. The average molecular weight is 568 g/mol. The monoisotopic (exact) mass is 567 g/mol. The molecule has 0 aromatic heterocycles. The number of benzene rings is 1. The molecule has 1 aromatic carbocycles. The number of nitrogens with one attached hydrogen (secondary N) is 2. The van der Waals surface area contributed by atoms with Crippen LogP contribution in [0.3, 0.4) is 0 Å². The van der Waals surface area contributed by atoms with Gasteiger partial charge < -0.3 is 20.4 Å². The molecule has 3 fully saturated rings. The molecule has 0 bridgehead atoms. The molecule has 182 valence electrons. The molecule has 4 rings (SSSR count). The van der Waals surface area contributed by atoms with E-state index in [9.17, 15) is 9.59 Å². The van der Waals surface area contributed by atoms with Crippen LogP contribution in [0.4, 0.5) is 0 Å². The maximum atomic E-state index is 12.7. The Labute approximate surface area is 214 Å². The molecule has 1 aliphatic carbocycles. The van der Waals surface area contributed by atoms with Crippen molar-refractivity contribution in [2.75, 3.05) is 26.2 Å². The zero-order chi connectivity index (χ0) is 22.3. The van der Waals surface area contributed by atoms with Gasteiger partial charge in [0.1, 0.15) is 0 Å². The molecular weight excluding hydrogens is 529 g/mol. The van der Waals surface area contributed by atoms with E-state index in [1.165, 1.54) is 12.8 Å². The van der Waals surface area contributed by atoms with Crippen LogP contribution >= 0.6 is 24.0 Å². The number of halogens is 1. The van der Waals surface area contributed by atoms with Crippen LogP contribution in [0.15, 0.2) is 29.3 Å². The fourth-order valence-corrected chi connectivity index (χ4v) is 5.13. The van der Waals surface area contributed by atoms with Crippen LogP contribution in [0, 0.1) is 5.92 Å². The average Bonchev–Trinajstić information content (AvgIpc) is 3.56. The lowest BCUT2D eigenvalue weighted by molar-refractivity contribution is -0.134. The molecule has 1 atom stereocenters. The molecule has 3 aliphatic rings. The van der Waals surface area contributed by atoms with Crippen LogP contribution in [0.5, 0.6) is 0 Å². The van der Waals surface area contributed by atoms with Crippen molar-refractivity contribution < 1.29 is 9.59 Å². The van der Waals surface area contributed by atoms with E-state index in [0.29, 0.717) is 25.4 Å². The highest BCUT2D eigenvalue weighted by molar-refractivity contribution is 14.0. The van der Waals surface area contributed by atoms with Gasteiger partial charge in [0, 0.05) is 51.1 Å². The first kappa shape index (κ1) is 25.8. The van der Waals surface area contributed by atoms with Gasteiger partial charge in [0.2, 0.25) is 11.8 Å². The molecule has 2 aliphatic heterocycles. The molecule has 0 spiro atoms. The first-order valence-corrected chi connectivity index (χ1v) is 12.3. The highest BCUT2D eigenvalue weighted by atomic mass is 127. The highest BCUT2D eigenvalue weighted by Crippen LogP contribution is 2.28. The van der Waals surface area contributed by atoms with Gasteiger partial charge in [0.05, 0.1) is 6.54 Å². The minimum atomic E-state index is 0. The van der Waals surface area contributed by atoms with E-state index in [4.69, 9.17) is 4.99 Å². The number of carbonyl (C=O) groups excluding carboxylic acids is 2. The molecule has 2 heterocycles. The van der Waals surface area contributed by atoms with Gasteiger partial charge in [-0.2, -0.15) is 0 Å². The van der Waals surface area contributed by atoms with Crippen molar-refractivity contribution in [3.05, 3.63) is 35.4 Å². The summed E-state index contributed by atoms with van der Waals surface area (Å²) in [6.45, 7) is 6.51. The summed E-state index contributed by atoms with van der Waals surface area (Å²) >= 11 is 0. The topological polar surface area (TPSA) is 77.0 Å². The zero-order valence-electron chi connectivity index (χ0n) is 19.7. The minimum absolute atomic E-state index is 0. The maximum absolute atomic E-state index is 12.7. The van der Waals surface area contributed by atoms with Gasteiger partial charge in [-0.15, -0.1) is 24.0 Å². The van der Waals surface area contributed by atoms with Crippen molar-refractivity contribution in [3.63, 3.8) is 0 Å². The van der Waals surface area contributed by atoms with E-state index < -0.39 is 0 Å². The van der Waals surface area contributed by atoms with Crippen LogP contribution in [0.1, 0.15) is 63.0 Å². The summed E-state index contributed by atoms with van der Waals surface area (Å²) in [5.41, 5.74) is 2.31. The lowest BCUT2D eigenvalue weighted by atomic mass is 10.1. The number of guanidine groups is 1. The summed E-state index contributed by atoms with van der Waals surface area (Å²) in [5.74, 6) is 1.63. The summed E-state index contributed by atoms with van der Waals surface area (Å²) in [7, 11) is 0. The minimum Gasteiger partial charge on any atom is -0.357 e. The molecule has 8 heteroatoms. The zero-order valence-corrected chi connectivity index (χ0v) is 22.1. The van der Waals surface area contributed by atoms with Crippen molar-refractivity contribution >= 4 is 41.8 Å². The van der Waals surface area contributed by atoms with Crippen LogP contribution in [0.25, 0.3) is 0 Å². The number of hydrogen-bond donors (Lipinski definition) is 2. The van der Waals surface area contributed by atoms with Gasteiger partial charge in [-0.25, -0.2) is 4.99 Å². The Hall–Kier alpha value is -1.84. The Balaban J connectivity index is 0.00000306. The van der Waals surface area contributed by atoms with Crippen molar-refractivity contribution in [1.82, 2.24) is 20.4 Å². The SMILES string of the molecule is CCNC(=NCc1ccccc1CN1CCCC1=O)NC1CCN(C(=O)C2CCCC2)C1.I. The van der Waals surface area contributed by atoms with Gasteiger partial charge in [-0.05, 0) is 43.7 Å². The van der Waals surface area contributed by atoms with E-state index in [0.717, 1.165) is 68.9 Å². The molecule has 7 nitrogen and oxygen atoms in total. The smallest absolute Gasteiger partial charge is 0.225 e. The van der Waals surface area contributed by atoms with E-state index in [-0.39, 0.29) is 41.8 Å². The predicted octanol–water partition coefficient (Wildman–Crippen LogP) is 3.27. The Bertz CT molecular complexity index is 840. The van der Waals surface area contributed by atoms with Gasteiger partial charge in [0.15, 0.2) is 5.96 Å². The van der Waals surface area contributed by atoms with Crippen LogP contribution in [-0.4, -0.2) is 59.8 Å². The van der Waals surface area contributed by atoms with E-state index in [2.05, 4.69) is 29.7 Å². The summed E-state index contributed by atoms with van der Waals surface area (Å²) in [5, 5.41) is 6.89. The molecule has 2 N–H and O–H groups in total. The van der Waals surface area contributed by atoms with E-state index in [1.807, 2.05) is 21.9 Å². The molecule has 1 unspecified atom stereocenters. The summed E-state index contributed by atoms with van der Waals surface area (Å²) < 4.78 is 0. The summed E-state index contributed by atoms with van der Waals surface area (Å²) in [6, 6.07) is 8.49. The fourth-order valence-electron chi connectivity index (χ4n) is 5.13. The second-order valence-electron chi connectivity index (χ2n) is 9.28. The number of hydrogen-bond acceptors (Lipinski definition) is 3. The Kier molecular flexibility index (Phi) is 9.82. The van der Waals surface area contributed by atoms with Crippen LogP contribution in [0.2, 0.25) is 0 Å². The molecular formula is C25H38IN5O2. The van der Waals surface area contributed by atoms with Crippen molar-refractivity contribution in [3.8, 4) is 0 Å². The molecule has 2 saturated heterocycles. The highest BCUT2D eigenvalue weighted by Gasteiger charge is 2.32. The molecule has 1 saturated carbocycles. The molecule has 2 amide bonds. The van der Waals surface area contributed by atoms with Gasteiger partial charge >= 0.3 is 0 Å². The third-order valence-electron chi connectivity index (χ3n) is 6.95. The standard InChI is InChI=1S/C25H37N5O2.HI/c1-2-26-25(28-22-13-15-30(18-22)24(32)19-8-3-4-9-19)27-16-20-10-5-6-11-21(20)17-29-14-7-12-23(29)31;/h5-6,10-11,19,22H,2-4,7-9,12-18H2,1H3,(H2,26,27,28);1H. The van der Waals surface area contributed by atoms with Crippen LogP contribution < -0.4 is 10.6 Å². The number of aliphatic imine (C=N–C) groups is 1. The molecule has 0 radical (unpaired) electrons. The normalized spacial score (nSPS) is 21.4. The maximum Gasteiger partial charge on any atom is 0.225 e. The fraction of sp³-hybridized carbons (Fsp3) is 0.640. The van der Waals surface area contributed by atoms with Crippen molar-refractivity contribution in [2.24, 2.45) is 10.9 Å². The Morgan fingerprint density at radius 1 is 1.09 bits per heavy atom. The van der Waals surface area contributed by atoms with Crippen LogP contribution in [-0.2, 0) is 22.7 Å². The first-order valence-electron chi connectivity index (χ1n) is 12.3. The van der Waals surface area contributed by atoms with Gasteiger partial charge in [-0.1, -0.05) is 37.1 Å². The largest absolute Gasteiger partial charge is 0.357 e. The van der Waals surface area contributed by atoms with Gasteiger partial charge in [-0.3, -0.25) is 9.59 Å². The Morgan fingerprint density at radius 3 is 2.55 bits per heavy atom. The van der Waals surface area contributed by atoms with Gasteiger partial charge in [0.25, 0.3) is 0 Å². The number of likely N-dealkylation sites (tertiary alicyclic amines) is 2. The second-order valence-corrected chi connectivity index (χ2v) is 9.28. The number of rotatable bonds is 7. The number of nitrogens with zero attached hydrogens (tertiary/aromatic N) is 3. The van der Waals surface area contributed by atoms with Crippen molar-refractivity contribution in [1.29, 1.82) is 0 Å². The number of carbonyl (C=O) groups is 2. The Morgan fingerprint density at radius 2 is 1.85 bits per heavy atom. The van der Waals surface area contributed by atoms with Crippen molar-refractivity contribution in [2.45, 2.75) is 71.0 Å². The summed E-state index contributed by atoms with van der Waals surface area (Å²) in [6.07, 6.45) is 7.06. The van der Waals surface area contributed by atoms with E-state index in [1.54, 1.807) is 0 Å². The predicted molar refractivity (Wildman–Crippen MR) is 141 cm³/mol. The first-order chi connectivity index (χ1) is 15.6. The third-order valence-corrected chi connectivity index (χ3v) is 6.95. The quantitative estimate of drug-likeness (QED) is 0.302. The lowest BCUT2D eigenvalue weighted by Crippen LogP contribution is -2.45. The third kappa shape index (κ3) is 6.83. The van der Waals surface area contributed by atoms with E-state index >= 15 is 0 Å².